The number of hydrogen-bond donors (Lipinski definition) is 1. The summed E-state index contributed by atoms with van der Waals surface area (Å²) in [6.45, 7) is 0. The molecular formula is C10H7F4N3S. The lowest BCUT2D eigenvalue weighted by atomic mass is 10.0. The average Bonchev–Trinajstić information content (AvgIpc) is 2.79. The average molecular weight is 277 g/mol. The first-order valence-electron chi connectivity index (χ1n) is 4.79. The Morgan fingerprint density at radius 1 is 1.28 bits per heavy atom. The van der Waals surface area contributed by atoms with Gasteiger partial charge in [0.2, 0.25) is 0 Å². The third-order valence-corrected chi connectivity index (χ3v) is 2.85. The van der Waals surface area contributed by atoms with Crippen LogP contribution in [0.1, 0.15) is 22.9 Å². The number of halogens is 4. The SMILES string of the molecule is NC(c1ccc(C(F)(F)F)c(F)c1)c1cnsn1. The van der Waals surface area contributed by atoms with Gasteiger partial charge in [-0.2, -0.15) is 21.9 Å². The van der Waals surface area contributed by atoms with Gasteiger partial charge in [0.25, 0.3) is 0 Å². The van der Waals surface area contributed by atoms with Gasteiger partial charge in [0.1, 0.15) is 5.82 Å². The molecule has 0 spiro atoms. The van der Waals surface area contributed by atoms with Crippen LogP contribution in [0.15, 0.2) is 24.4 Å². The maximum Gasteiger partial charge on any atom is 0.419 e. The van der Waals surface area contributed by atoms with E-state index in [0.29, 0.717) is 11.8 Å². The fourth-order valence-corrected chi connectivity index (χ4v) is 1.89. The first-order chi connectivity index (χ1) is 8.39. The predicted molar refractivity (Wildman–Crippen MR) is 57.3 cm³/mol. The zero-order valence-corrected chi connectivity index (χ0v) is 9.60. The van der Waals surface area contributed by atoms with Gasteiger partial charge in [0.05, 0.1) is 35.2 Å². The van der Waals surface area contributed by atoms with E-state index < -0.39 is 23.6 Å². The van der Waals surface area contributed by atoms with Gasteiger partial charge in [-0.1, -0.05) is 6.07 Å². The van der Waals surface area contributed by atoms with E-state index in [1.165, 1.54) is 6.20 Å². The van der Waals surface area contributed by atoms with E-state index >= 15 is 0 Å². The van der Waals surface area contributed by atoms with Gasteiger partial charge in [-0.05, 0) is 17.7 Å². The van der Waals surface area contributed by atoms with Gasteiger partial charge in [-0.3, -0.25) is 0 Å². The molecule has 1 unspecified atom stereocenters. The van der Waals surface area contributed by atoms with Crippen LogP contribution in [0.2, 0.25) is 0 Å². The summed E-state index contributed by atoms with van der Waals surface area (Å²) in [5.74, 6) is -1.35. The van der Waals surface area contributed by atoms with Crippen LogP contribution in [0.3, 0.4) is 0 Å². The van der Waals surface area contributed by atoms with Crippen molar-refractivity contribution >= 4 is 11.7 Å². The van der Waals surface area contributed by atoms with E-state index in [0.717, 1.165) is 23.9 Å². The number of aromatic nitrogens is 2. The third-order valence-electron chi connectivity index (χ3n) is 2.35. The van der Waals surface area contributed by atoms with Crippen molar-refractivity contribution in [3.05, 3.63) is 47.0 Å². The van der Waals surface area contributed by atoms with Crippen LogP contribution in [0.5, 0.6) is 0 Å². The maximum absolute atomic E-state index is 13.3. The molecule has 1 aromatic heterocycles. The Labute approximate surface area is 104 Å². The second-order valence-electron chi connectivity index (χ2n) is 3.55. The maximum atomic E-state index is 13.3. The molecule has 2 aromatic rings. The molecule has 0 radical (unpaired) electrons. The minimum Gasteiger partial charge on any atom is -0.319 e. The van der Waals surface area contributed by atoms with Crippen molar-refractivity contribution in [1.82, 2.24) is 8.75 Å². The van der Waals surface area contributed by atoms with Gasteiger partial charge in [-0.15, -0.1) is 0 Å². The van der Waals surface area contributed by atoms with Crippen LogP contribution in [0.4, 0.5) is 17.6 Å². The molecule has 2 rings (SSSR count). The molecule has 1 aromatic carbocycles. The topological polar surface area (TPSA) is 51.8 Å². The summed E-state index contributed by atoms with van der Waals surface area (Å²) in [5, 5.41) is 0. The van der Waals surface area contributed by atoms with Crippen LogP contribution in [-0.2, 0) is 6.18 Å². The first kappa shape index (κ1) is 12.9. The second-order valence-corrected chi connectivity index (χ2v) is 4.10. The molecule has 0 aliphatic rings. The highest BCUT2D eigenvalue weighted by molar-refractivity contribution is 6.99. The highest BCUT2D eigenvalue weighted by Gasteiger charge is 2.34. The zero-order chi connectivity index (χ0) is 13.3. The van der Waals surface area contributed by atoms with Crippen molar-refractivity contribution in [2.75, 3.05) is 0 Å². The summed E-state index contributed by atoms with van der Waals surface area (Å²) in [4.78, 5) is 0. The van der Waals surface area contributed by atoms with E-state index in [1.54, 1.807) is 0 Å². The summed E-state index contributed by atoms with van der Waals surface area (Å²) in [6, 6.07) is 1.79. The van der Waals surface area contributed by atoms with Crippen molar-refractivity contribution in [2.45, 2.75) is 12.2 Å². The molecule has 0 fully saturated rings. The molecule has 0 aliphatic heterocycles. The molecule has 18 heavy (non-hydrogen) atoms. The monoisotopic (exact) mass is 277 g/mol. The van der Waals surface area contributed by atoms with Gasteiger partial charge >= 0.3 is 6.18 Å². The Morgan fingerprint density at radius 3 is 2.50 bits per heavy atom. The minimum atomic E-state index is -4.71. The molecule has 96 valence electrons. The van der Waals surface area contributed by atoms with Crippen LogP contribution in [-0.4, -0.2) is 8.75 Å². The number of nitrogens with two attached hydrogens (primary N) is 1. The summed E-state index contributed by atoms with van der Waals surface area (Å²) in [6.07, 6.45) is -3.32. The van der Waals surface area contributed by atoms with Gasteiger partial charge in [0.15, 0.2) is 0 Å². The van der Waals surface area contributed by atoms with E-state index in [2.05, 4.69) is 8.75 Å². The fourth-order valence-electron chi connectivity index (χ4n) is 1.43. The molecule has 0 saturated heterocycles. The van der Waals surface area contributed by atoms with Gasteiger partial charge < -0.3 is 5.73 Å². The summed E-state index contributed by atoms with van der Waals surface area (Å²) in [7, 11) is 0. The van der Waals surface area contributed by atoms with Crippen molar-refractivity contribution in [2.24, 2.45) is 5.73 Å². The smallest absolute Gasteiger partial charge is 0.319 e. The van der Waals surface area contributed by atoms with Crippen molar-refractivity contribution < 1.29 is 17.6 Å². The van der Waals surface area contributed by atoms with Crippen LogP contribution >= 0.6 is 11.7 Å². The number of benzene rings is 1. The molecule has 1 atom stereocenters. The molecule has 0 bridgehead atoms. The zero-order valence-electron chi connectivity index (χ0n) is 8.78. The predicted octanol–water partition coefficient (Wildman–Crippen LogP) is 2.74. The van der Waals surface area contributed by atoms with E-state index in [9.17, 15) is 17.6 Å². The highest BCUT2D eigenvalue weighted by atomic mass is 32.1. The number of alkyl halides is 3. The highest BCUT2D eigenvalue weighted by Crippen LogP contribution is 2.32. The first-order valence-corrected chi connectivity index (χ1v) is 5.52. The molecule has 1 heterocycles. The van der Waals surface area contributed by atoms with Crippen LogP contribution < -0.4 is 5.73 Å². The molecule has 0 amide bonds. The summed E-state index contributed by atoms with van der Waals surface area (Å²) < 4.78 is 58.0. The Hall–Kier alpha value is -1.54. The summed E-state index contributed by atoms with van der Waals surface area (Å²) >= 11 is 0.920. The largest absolute Gasteiger partial charge is 0.419 e. The van der Waals surface area contributed by atoms with E-state index in [1.807, 2.05) is 0 Å². The lowest BCUT2D eigenvalue weighted by Gasteiger charge is -2.12. The van der Waals surface area contributed by atoms with Crippen molar-refractivity contribution in [3.8, 4) is 0 Å². The fraction of sp³-hybridized carbons (Fsp3) is 0.200. The van der Waals surface area contributed by atoms with Gasteiger partial charge in [-0.25, -0.2) is 4.39 Å². The van der Waals surface area contributed by atoms with E-state index in [-0.39, 0.29) is 5.56 Å². The Bertz CT molecular complexity index is 539. The summed E-state index contributed by atoms with van der Waals surface area (Å²) in [5.41, 5.74) is 5.04. The molecule has 0 saturated carbocycles. The lowest BCUT2D eigenvalue weighted by Crippen LogP contribution is -2.14. The molecule has 8 heteroatoms. The van der Waals surface area contributed by atoms with E-state index in [4.69, 9.17) is 5.73 Å². The van der Waals surface area contributed by atoms with Crippen LogP contribution in [0, 0.1) is 5.82 Å². The van der Waals surface area contributed by atoms with Crippen molar-refractivity contribution in [3.63, 3.8) is 0 Å². The molecule has 3 nitrogen and oxygen atoms in total. The van der Waals surface area contributed by atoms with Crippen LogP contribution in [0.25, 0.3) is 0 Å². The molecule has 2 N–H and O–H groups in total. The molecule has 0 aliphatic carbocycles. The van der Waals surface area contributed by atoms with Crippen molar-refractivity contribution in [1.29, 1.82) is 0 Å². The number of hydrogen-bond acceptors (Lipinski definition) is 4. The third kappa shape index (κ3) is 2.49. The Morgan fingerprint density at radius 2 is 2.00 bits per heavy atom. The second kappa shape index (κ2) is 4.62. The number of nitrogens with zero attached hydrogens (tertiary/aromatic N) is 2. The lowest BCUT2D eigenvalue weighted by molar-refractivity contribution is -0.140. The Balaban J connectivity index is 2.35. The minimum absolute atomic E-state index is 0.216. The quantitative estimate of drug-likeness (QED) is 0.859. The Kier molecular flexibility index (Phi) is 3.31. The number of rotatable bonds is 2. The van der Waals surface area contributed by atoms with Gasteiger partial charge in [0, 0.05) is 0 Å². The standard InChI is InChI=1S/C10H7F4N3S/c11-7-3-5(1-2-6(7)10(12,13)14)9(15)8-4-16-18-17-8/h1-4,9H,15H2. The molecular weight excluding hydrogens is 270 g/mol. The normalized spacial score (nSPS) is 13.6.